The summed E-state index contributed by atoms with van der Waals surface area (Å²) in [5, 5.41) is 7.68. The molecule has 7 heteroatoms. The molecule has 0 unspecified atom stereocenters. The molecule has 0 bridgehead atoms. The maximum absolute atomic E-state index is 6.04. The van der Waals surface area contributed by atoms with Crippen molar-refractivity contribution in [1.82, 2.24) is 14.6 Å². The van der Waals surface area contributed by atoms with Gasteiger partial charge >= 0.3 is 0 Å². The highest BCUT2D eigenvalue weighted by Crippen LogP contribution is 2.22. The smallest absolute Gasteiger partial charge is 0.169 e. The Kier molecular flexibility index (Phi) is 6.32. The third kappa shape index (κ3) is 5.09. The van der Waals surface area contributed by atoms with E-state index in [1.165, 1.54) is 12.8 Å². The predicted molar refractivity (Wildman–Crippen MR) is 114 cm³/mol. The SMILES string of the molecule is Clc1ccc(OCCOc2ccccc2/C(=N/N2CCCC2)n2ccnc2)cc1. The zero-order valence-electron chi connectivity index (χ0n) is 16.1. The van der Waals surface area contributed by atoms with Gasteiger partial charge in [-0.25, -0.2) is 4.98 Å². The van der Waals surface area contributed by atoms with Gasteiger partial charge in [0.15, 0.2) is 5.84 Å². The summed E-state index contributed by atoms with van der Waals surface area (Å²) in [6.45, 7) is 2.78. The fourth-order valence-corrected chi connectivity index (χ4v) is 3.31. The van der Waals surface area contributed by atoms with Crippen LogP contribution in [0.4, 0.5) is 0 Å². The van der Waals surface area contributed by atoms with Crippen molar-refractivity contribution in [1.29, 1.82) is 0 Å². The minimum absolute atomic E-state index is 0.417. The highest BCUT2D eigenvalue weighted by Gasteiger charge is 2.16. The van der Waals surface area contributed by atoms with Crippen molar-refractivity contribution in [3.8, 4) is 11.5 Å². The van der Waals surface area contributed by atoms with Gasteiger partial charge in [-0.1, -0.05) is 23.7 Å². The Balaban J connectivity index is 1.47. The standard InChI is InChI=1S/C22H23ClN4O2/c23-18-7-9-19(10-8-18)28-15-16-29-21-6-2-1-5-20(21)22(26-14-11-24-17-26)25-27-12-3-4-13-27/h1-2,5-11,14,17H,3-4,12-13,15-16H2/b25-22-. The highest BCUT2D eigenvalue weighted by molar-refractivity contribution is 6.30. The average Bonchev–Trinajstić information content (AvgIpc) is 3.45. The summed E-state index contributed by atoms with van der Waals surface area (Å²) in [6, 6.07) is 15.2. The summed E-state index contributed by atoms with van der Waals surface area (Å²) in [7, 11) is 0. The van der Waals surface area contributed by atoms with Gasteiger partial charge in [0.25, 0.3) is 0 Å². The predicted octanol–water partition coefficient (Wildman–Crippen LogP) is 4.30. The molecular formula is C22H23ClN4O2. The van der Waals surface area contributed by atoms with E-state index in [-0.39, 0.29) is 0 Å². The molecule has 0 radical (unpaired) electrons. The van der Waals surface area contributed by atoms with Gasteiger partial charge in [-0.3, -0.25) is 9.58 Å². The van der Waals surface area contributed by atoms with Crippen molar-refractivity contribution in [2.45, 2.75) is 12.8 Å². The maximum atomic E-state index is 6.04. The number of hydrogen-bond acceptors (Lipinski definition) is 5. The summed E-state index contributed by atoms with van der Waals surface area (Å²) in [4.78, 5) is 4.18. The molecule has 1 fully saturated rings. The van der Waals surface area contributed by atoms with Crippen LogP contribution in [0.2, 0.25) is 5.02 Å². The van der Waals surface area contributed by atoms with Gasteiger partial charge in [-0.2, -0.15) is 5.10 Å². The summed E-state index contributed by atoms with van der Waals surface area (Å²) >= 11 is 5.90. The zero-order valence-corrected chi connectivity index (χ0v) is 16.8. The van der Waals surface area contributed by atoms with Crippen LogP contribution in [0, 0.1) is 0 Å². The molecule has 1 aromatic heterocycles. The normalized spacial score (nSPS) is 14.2. The van der Waals surface area contributed by atoms with E-state index in [9.17, 15) is 0 Å². The molecule has 0 amide bonds. The van der Waals surface area contributed by atoms with E-state index in [2.05, 4.69) is 9.99 Å². The van der Waals surface area contributed by atoms with Crippen molar-refractivity contribution in [3.05, 3.63) is 77.8 Å². The molecule has 0 saturated carbocycles. The van der Waals surface area contributed by atoms with Crippen LogP contribution < -0.4 is 9.47 Å². The van der Waals surface area contributed by atoms with Crippen LogP contribution in [0.5, 0.6) is 11.5 Å². The van der Waals surface area contributed by atoms with Crippen LogP contribution in [0.25, 0.3) is 0 Å². The number of ether oxygens (including phenoxy) is 2. The van der Waals surface area contributed by atoms with Crippen LogP contribution in [-0.2, 0) is 0 Å². The lowest BCUT2D eigenvalue weighted by atomic mass is 10.2. The molecule has 6 nitrogen and oxygen atoms in total. The van der Waals surface area contributed by atoms with Gasteiger partial charge in [0.1, 0.15) is 31.0 Å². The Morgan fingerprint density at radius 2 is 1.76 bits per heavy atom. The minimum Gasteiger partial charge on any atom is -0.490 e. The molecule has 29 heavy (non-hydrogen) atoms. The molecular weight excluding hydrogens is 388 g/mol. The average molecular weight is 411 g/mol. The topological polar surface area (TPSA) is 51.9 Å². The van der Waals surface area contributed by atoms with Crippen LogP contribution in [0.3, 0.4) is 0 Å². The van der Waals surface area contributed by atoms with Crippen LogP contribution in [-0.4, -0.2) is 46.7 Å². The first-order valence-electron chi connectivity index (χ1n) is 9.72. The van der Waals surface area contributed by atoms with Crippen molar-refractivity contribution in [2.75, 3.05) is 26.3 Å². The molecule has 3 aromatic rings. The number of hydrazone groups is 1. The van der Waals surface area contributed by atoms with Crippen LogP contribution >= 0.6 is 11.6 Å². The van der Waals surface area contributed by atoms with Gasteiger partial charge in [-0.05, 0) is 49.2 Å². The molecule has 0 spiro atoms. The molecule has 0 aliphatic carbocycles. The molecule has 1 aliphatic rings. The summed E-state index contributed by atoms with van der Waals surface area (Å²) in [5.74, 6) is 2.33. The van der Waals surface area contributed by atoms with Crippen LogP contribution in [0.1, 0.15) is 18.4 Å². The minimum atomic E-state index is 0.417. The monoisotopic (exact) mass is 410 g/mol. The van der Waals surface area contributed by atoms with Gasteiger partial charge < -0.3 is 9.47 Å². The highest BCUT2D eigenvalue weighted by atomic mass is 35.5. The van der Waals surface area contributed by atoms with Crippen molar-refractivity contribution in [2.24, 2.45) is 5.10 Å². The number of benzene rings is 2. The molecule has 0 N–H and O–H groups in total. The van der Waals surface area contributed by atoms with E-state index < -0.39 is 0 Å². The van der Waals surface area contributed by atoms with Crippen LogP contribution in [0.15, 0.2) is 72.4 Å². The first-order chi connectivity index (χ1) is 14.3. The van der Waals surface area contributed by atoms with E-state index in [0.717, 1.165) is 36.0 Å². The lowest BCUT2D eigenvalue weighted by molar-refractivity contribution is 0.217. The van der Waals surface area contributed by atoms with E-state index in [1.54, 1.807) is 24.7 Å². The number of rotatable bonds is 7. The Labute approximate surface area is 175 Å². The molecule has 0 atom stereocenters. The van der Waals surface area contributed by atoms with Gasteiger partial charge in [-0.15, -0.1) is 0 Å². The van der Waals surface area contributed by atoms with E-state index in [0.29, 0.717) is 18.2 Å². The zero-order chi connectivity index (χ0) is 19.9. The second kappa shape index (κ2) is 9.47. The Morgan fingerprint density at radius 3 is 2.52 bits per heavy atom. The molecule has 2 heterocycles. The quantitative estimate of drug-likeness (QED) is 0.331. The first-order valence-corrected chi connectivity index (χ1v) is 10.1. The van der Waals surface area contributed by atoms with Gasteiger partial charge in [0, 0.05) is 30.5 Å². The number of hydrogen-bond donors (Lipinski definition) is 0. The second-order valence-corrected chi connectivity index (χ2v) is 7.14. The van der Waals surface area contributed by atoms with Gasteiger partial charge in [0.05, 0.1) is 5.56 Å². The number of nitrogens with zero attached hydrogens (tertiary/aromatic N) is 4. The molecule has 2 aromatic carbocycles. The van der Waals surface area contributed by atoms with Crippen molar-refractivity contribution >= 4 is 17.4 Å². The second-order valence-electron chi connectivity index (χ2n) is 6.70. The fourth-order valence-electron chi connectivity index (χ4n) is 3.18. The summed E-state index contributed by atoms with van der Waals surface area (Å²) in [5.41, 5.74) is 0.920. The first kappa shape index (κ1) is 19.3. The van der Waals surface area contributed by atoms with E-state index in [4.69, 9.17) is 26.2 Å². The van der Waals surface area contributed by atoms with E-state index >= 15 is 0 Å². The fraction of sp³-hybridized carbons (Fsp3) is 0.273. The lowest BCUT2D eigenvalue weighted by Crippen LogP contribution is -2.21. The number of halogens is 1. The lowest BCUT2D eigenvalue weighted by Gasteiger charge is -2.17. The number of aromatic nitrogens is 2. The summed E-state index contributed by atoms with van der Waals surface area (Å²) < 4.78 is 13.7. The van der Waals surface area contributed by atoms with E-state index in [1.807, 2.05) is 47.2 Å². The molecule has 1 saturated heterocycles. The third-order valence-corrected chi connectivity index (χ3v) is 4.87. The molecule has 1 aliphatic heterocycles. The molecule has 150 valence electrons. The number of para-hydroxylation sites is 1. The third-order valence-electron chi connectivity index (χ3n) is 4.62. The Hall–Kier alpha value is -2.99. The van der Waals surface area contributed by atoms with Gasteiger partial charge in [0.2, 0.25) is 0 Å². The Morgan fingerprint density at radius 1 is 1.00 bits per heavy atom. The maximum Gasteiger partial charge on any atom is 0.169 e. The van der Waals surface area contributed by atoms with Crippen molar-refractivity contribution < 1.29 is 9.47 Å². The van der Waals surface area contributed by atoms with Crippen molar-refractivity contribution in [3.63, 3.8) is 0 Å². The number of imidazole rings is 1. The largest absolute Gasteiger partial charge is 0.490 e. The summed E-state index contributed by atoms with van der Waals surface area (Å²) in [6.07, 6.45) is 7.75. The molecule has 4 rings (SSSR count). The Bertz CT molecular complexity index is 936.